The van der Waals surface area contributed by atoms with Crippen molar-refractivity contribution < 1.29 is 13.6 Å². The molecule has 4 rings (SSSR count). The molecule has 1 saturated heterocycles. The molecule has 1 aliphatic rings. The van der Waals surface area contributed by atoms with Gasteiger partial charge in [0.15, 0.2) is 0 Å². The van der Waals surface area contributed by atoms with Gasteiger partial charge in [-0.15, -0.1) is 11.3 Å². The molecule has 1 aromatic carbocycles. The van der Waals surface area contributed by atoms with E-state index in [1.807, 2.05) is 18.2 Å². The Labute approximate surface area is 155 Å². The summed E-state index contributed by atoms with van der Waals surface area (Å²) in [6.07, 6.45) is 5.28. The minimum atomic E-state index is -0.283. The van der Waals surface area contributed by atoms with Crippen LogP contribution in [0.2, 0.25) is 0 Å². The molecule has 1 aliphatic heterocycles. The number of rotatable bonds is 5. The van der Waals surface area contributed by atoms with E-state index in [-0.39, 0.29) is 17.8 Å². The lowest BCUT2D eigenvalue weighted by Gasteiger charge is -2.33. The van der Waals surface area contributed by atoms with Crippen LogP contribution in [-0.4, -0.2) is 30.4 Å². The number of nitrogens with zero attached hydrogens (tertiary/aromatic N) is 1. The van der Waals surface area contributed by atoms with Crippen LogP contribution in [0, 0.1) is 5.82 Å². The van der Waals surface area contributed by atoms with Gasteiger partial charge in [-0.25, -0.2) is 4.39 Å². The van der Waals surface area contributed by atoms with Gasteiger partial charge in [-0.05, 0) is 61.6 Å². The van der Waals surface area contributed by atoms with E-state index in [1.165, 1.54) is 42.7 Å². The maximum atomic E-state index is 13.4. The Bertz CT molecular complexity index is 884. The monoisotopic (exact) mass is 372 g/mol. The van der Waals surface area contributed by atoms with Crippen molar-refractivity contribution >= 4 is 27.3 Å². The molecule has 0 radical (unpaired) electrons. The highest BCUT2D eigenvalue weighted by atomic mass is 32.1. The number of benzene rings is 1. The van der Waals surface area contributed by atoms with E-state index in [1.54, 1.807) is 12.3 Å². The van der Waals surface area contributed by atoms with Gasteiger partial charge < -0.3 is 9.73 Å². The van der Waals surface area contributed by atoms with Crippen LogP contribution in [0.1, 0.15) is 40.7 Å². The van der Waals surface area contributed by atoms with Crippen molar-refractivity contribution in [2.45, 2.75) is 25.3 Å². The number of fused-ring (bicyclic) bond motifs is 1. The first kappa shape index (κ1) is 17.2. The second-order valence-electron chi connectivity index (χ2n) is 6.63. The number of carbonyl (C=O) groups excluding carboxylic acids is 1. The Hall–Kier alpha value is -2.18. The number of nitrogens with one attached hydrogen (secondary N) is 1. The number of piperidine rings is 1. The van der Waals surface area contributed by atoms with Crippen molar-refractivity contribution in [1.82, 2.24) is 10.2 Å². The lowest BCUT2D eigenvalue weighted by atomic mass is 10.1. The van der Waals surface area contributed by atoms with Crippen LogP contribution in [0.25, 0.3) is 10.1 Å². The van der Waals surface area contributed by atoms with E-state index in [0.717, 1.165) is 28.9 Å². The summed E-state index contributed by atoms with van der Waals surface area (Å²) in [6, 6.07) is 10.3. The molecule has 3 aromatic rings. The topological polar surface area (TPSA) is 45.5 Å². The number of amides is 1. The highest BCUT2D eigenvalue weighted by molar-refractivity contribution is 7.20. The third-order valence-electron chi connectivity index (χ3n) is 4.86. The van der Waals surface area contributed by atoms with E-state index >= 15 is 0 Å². The Morgan fingerprint density at radius 1 is 1.23 bits per heavy atom. The van der Waals surface area contributed by atoms with Crippen LogP contribution in [-0.2, 0) is 0 Å². The number of halogens is 1. The second-order valence-corrected chi connectivity index (χ2v) is 7.71. The molecule has 0 aliphatic carbocycles. The van der Waals surface area contributed by atoms with E-state index in [0.29, 0.717) is 11.4 Å². The Balaban J connectivity index is 1.48. The first-order valence-electron chi connectivity index (χ1n) is 8.95. The molecule has 1 amide bonds. The van der Waals surface area contributed by atoms with Crippen LogP contribution < -0.4 is 5.32 Å². The lowest BCUT2D eigenvalue weighted by Crippen LogP contribution is -2.40. The molecule has 1 fully saturated rings. The zero-order chi connectivity index (χ0) is 17.9. The molecule has 6 heteroatoms. The largest absolute Gasteiger partial charge is 0.468 e. The summed E-state index contributed by atoms with van der Waals surface area (Å²) in [4.78, 5) is 15.6. The highest BCUT2D eigenvalue weighted by Gasteiger charge is 2.25. The minimum absolute atomic E-state index is 0.0427. The predicted octanol–water partition coefficient (Wildman–Crippen LogP) is 4.59. The van der Waals surface area contributed by atoms with Crippen LogP contribution in [0.4, 0.5) is 4.39 Å². The van der Waals surface area contributed by atoms with Crippen LogP contribution >= 0.6 is 11.3 Å². The fourth-order valence-corrected chi connectivity index (χ4v) is 4.52. The first-order valence-corrected chi connectivity index (χ1v) is 9.77. The van der Waals surface area contributed by atoms with E-state index in [2.05, 4.69) is 10.2 Å². The van der Waals surface area contributed by atoms with Crippen molar-refractivity contribution in [3.05, 3.63) is 59.1 Å². The normalized spacial score (nSPS) is 16.7. The van der Waals surface area contributed by atoms with Crippen molar-refractivity contribution in [2.24, 2.45) is 0 Å². The number of hydrogen-bond acceptors (Lipinski definition) is 4. The average Bonchev–Trinajstić information content (AvgIpc) is 3.32. The summed E-state index contributed by atoms with van der Waals surface area (Å²) in [7, 11) is 0. The first-order chi connectivity index (χ1) is 12.7. The van der Waals surface area contributed by atoms with E-state index in [9.17, 15) is 9.18 Å². The molecule has 136 valence electrons. The van der Waals surface area contributed by atoms with E-state index in [4.69, 9.17) is 4.42 Å². The molecule has 0 spiro atoms. The molecule has 0 saturated carbocycles. The maximum Gasteiger partial charge on any atom is 0.261 e. The number of likely N-dealkylation sites (tertiary alicyclic amines) is 1. The van der Waals surface area contributed by atoms with Crippen molar-refractivity contribution in [1.29, 1.82) is 0 Å². The number of carbonyl (C=O) groups is 1. The van der Waals surface area contributed by atoms with Crippen LogP contribution in [0.5, 0.6) is 0 Å². The molecular formula is C20H21FN2O2S. The summed E-state index contributed by atoms with van der Waals surface area (Å²) >= 11 is 1.32. The standard InChI is InChI=1S/C20H21FN2O2S/c21-15-7-6-14-11-19(26-18(14)12-15)20(24)22-13-16(17-5-4-10-25-17)23-8-2-1-3-9-23/h4-7,10-12,16H,1-3,8-9,13H2,(H,22,24)/t16-/m1/s1. The molecule has 1 atom stereocenters. The SMILES string of the molecule is O=C(NC[C@H](c1ccco1)N1CCCCC1)c1cc2ccc(F)cc2s1. The third kappa shape index (κ3) is 3.66. The highest BCUT2D eigenvalue weighted by Crippen LogP contribution is 2.27. The van der Waals surface area contributed by atoms with Gasteiger partial charge in [0.2, 0.25) is 0 Å². The summed E-state index contributed by atoms with van der Waals surface area (Å²) in [5.41, 5.74) is 0. The maximum absolute atomic E-state index is 13.4. The third-order valence-corrected chi connectivity index (χ3v) is 5.96. The second kappa shape index (κ2) is 7.60. The van der Waals surface area contributed by atoms with Gasteiger partial charge in [-0.3, -0.25) is 9.69 Å². The number of hydrogen-bond donors (Lipinski definition) is 1. The van der Waals surface area contributed by atoms with Crippen molar-refractivity contribution in [2.75, 3.05) is 19.6 Å². The van der Waals surface area contributed by atoms with Crippen LogP contribution in [0.15, 0.2) is 47.1 Å². The minimum Gasteiger partial charge on any atom is -0.468 e. The summed E-state index contributed by atoms with van der Waals surface area (Å²) < 4.78 is 19.8. The average molecular weight is 372 g/mol. The smallest absolute Gasteiger partial charge is 0.261 e. The van der Waals surface area contributed by atoms with Gasteiger partial charge in [0, 0.05) is 11.2 Å². The molecule has 0 bridgehead atoms. The van der Waals surface area contributed by atoms with Gasteiger partial charge >= 0.3 is 0 Å². The van der Waals surface area contributed by atoms with Crippen LogP contribution in [0.3, 0.4) is 0 Å². The molecule has 3 heterocycles. The lowest BCUT2D eigenvalue weighted by molar-refractivity contribution is 0.0918. The van der Waals surface area contributed by atoms with Gasteiger partial charge in [0.1, 0.15) is 11.6 Å². The molecule has 0 unspecified atom stereocenters. The van der Waals surface area contributed by atoms with Gasteiger partial charge in [-0.1, -0.05) is 12.5 Å². The Morgan fingerprint density at radius 2 is 2.08 bits per heavy atom. The molecular weight excluding hydrogens is 351 g/mol. The molecule has 4 nitrogen and oxygen atoms in total. The van der Waals surface area contributed by atoms with Gasteiger partial charge in [0.25, 0.3) is 5.91 Å². The fourth-order valence-electron chi connectivity index (χ4n) is 3.51. The quantitative estimate of drug-likeness (QED) is 0.712. The van der Waals surface area contributed by atoms with Crippen molar-refractivity contribution in [3.63, 3.8) is 0 Å². The molecule has 26 heavy (non-hydrogen) atoms. The van der Waals surface area contributed by atoms with Crippen molar-refractivity contribution in [3.8, 4) is 0 Å². The zero-order valence-electron chi connectivity index (χ0n) is 14.4. The summed E-state index contributed by atoms with van der Waals surface area (Å²) in [5.74, 6) is 0.472. The zero-order valence-corrected chi connectivity index (χ0v) is 15.2. The fraction of sp³-hybridized carbons (Fsp3) is 0.350. The summed E-state index contributed by atoms with van der Waals surface area (Å²) in [6.45, 7) is 2.53. The van der Waals surface area contributed by atoms with Gasteiger partial charge in [-0.2, -0.15) is 0 Å². The Kier molecular flexibility index (Phi) is 5.04. The Morgan fingerprint density at radius 3 is 2.85 bits per heavy atom. The number of furan rings is 1. The van der Waals surface area contributed by atoms with Gasteiger partial charge in [0.05, 0.1) is 17.2 Å². The summed E-state index contributed by atoms with van der Waals surface area (Å²) in [5, 5.41) is 3.93. The molecule has 1 N–H and O–H groups in total. The van der Waals surface area contributed by atoms with E-state index < -0.39 is 0 Å². The number of thiophene rings is 1. The molecule has 2 aromatic heterocycles. The predicted molar refractivity (Wildman–Crippen MR) is 101 cm³/mol.